The van der Waals surface area contributed by atoms with Crippen molar-refractivity contribution in [2.24, 2.45) is 11.7 Å². The lowest BCUT2D eigenvalue weighted by Crippen LogP contribution is -2.35. The van der Waals surface area contributed by atoms with Crippen LogP contribution in [0.3, 0.4) is 0 Å². The van der Waals surface area contributed by atoms with Gasteiger partial charge in [-0.15, -0.1) is 0 Å². The van der Waals surface area contributed by atoms with Gasteiger partial charge in [0.1, 0.15) is 12.4 Å². The van der Waals surface area contributed by atoms with Crippen molar-refractivity contribution in [1.29, 1.82) is 5.26 Å². The number of amides is 1. The Bertz CT molecular complexity index is 1920. The highest BCUT2D eigenvalue weighted by atomic mass is 32.2. The summed E-state index contributed by atoms with van der Waals surface area (Å²) in [6.45, 7) is 3.49. The number of carbonyl (C=O) groups excluding carboxylic acids is 1. The Morgan fingerprint density at radius 3 is 2.45 bits per heavy atom. The highest BCUT2D eigenvalue weighted by Crippen LogP contribution is 2.44. The van der Waals surface area contributed by atoms with Crippen LogP contribution < -0.4 is 11.3 Å². The number of benzene rings is 3. The molecule has 4 aromatic rings. The first-order valence-corrected chi connectivity index (χ1v) is 15.7. The van der Waals surface area contributed by atoms with E-state index in [0.717, 1.165) is 12.8 Å². The van der Waals surface area contributed by atoms with Gasteiger partial charge < -0.3 is 15.6 Å². The van der Waals surface area contributed by atoms with Crippen LogP contribution in [0.15, 0.2) is 87.4 Å². The Morgan fingerprint density at radius 2 is 1.82 bits per heavy atom. The second-order valence-electron chi connectivity index (χ2n) is 11.1. The molecule has 226 valence electrons. The number of nitrogens with two attached hydrogens (primary N) is 1. The molecule has 44 heavy (non-hydrogen) atoms. The Kier molecular flexibility index (Phi) is 8.67. The number of nitrogens with zero attached hydrogens (tertiary/aromatic N) is 3. The fourth-order valence-electron chi connectivity index (χ4n) is 5.33. The minimum Gasteiger partial charge on any atom is -0.492 e. The molecule has 0 unspecified atom stereocenters. The van der Waals surface area contributed by atoms with Gasteiger partial charge in [-0.1, -0.05) is 48.5 Å². The molecule has 1 fully saturated rings. The fourth-order valence-corrected chi connectivity index (χ4v) is 6.67. The lowest BCUT2D eigenvalue weighted by atomic mass is 9.98. The third-order valence-corrected chi connectivity index (χ3v) is 9.29. The van der Waals surface area contributed by atoms with Gasteiger partial charge in [-0.3, -0.25) is 14.2 Å². The highest BCUT2D eigenvalue weighted by Gasteiger charge is 2.39. The van der Waals surface area contributed by atoms with E-state index >= 15 is 0 Å². The number of nitriles is 1. The Hall–Kier alpha value is -4.79. The van der Waals surface area contributed by atoms with E-state index in [4.69, 9.17) is 10.5 Å². The largest absolute Gasteiger partial charge is 0.492 e. The summed E-state index contributed by atoms with van der Waals surface area (Å²) < 4.78 is 35.0. The van der Waals surface area contributed by atoms with Gasteiger partial charge in [0, 0.05) is 0 Å². The van der Waals surface area contributed by atoms with Gasteiger partial charge in [-0.05, 0) is 79.1 Å². The van der Waals surface area contributed by atoms with Crippen LogP contribution in [0.5, 0.6) is 5.88 Å². The fraction of sp³-hybridized carbons (Fsp3) is 0.273. The molecule has 3 N–H and O–H groups in total. The maximum atomic E-state index is 14.2. The number of carbonyl (C=O) groups is 1. The van der Waals surface area contributed by atoms with Crippen LogP contribution in [0.25, 0.3) is 11.1 Å². The van der Waals surface area contributed by atoms with Crippen molar-refractivity contribution in [3.8, 4) is 23.1 Å². The molecule has 1 aliphatic rings. The normalized spacial score (nSPS) is 13.9. The van der Waals surface area contributed by atoms with E-state index in [2.05, 4.69) is 11.1 Å². The number of aromatic nitrogens is 2. The van der Waals surface area contributed by atoms with E-state index in [0.29, 0.717) is 27.8 Å². The lowest BCUT2D eigenvalue weighted by Gasteiger charge is -2.25. The third kappa shape index (κ3) is 6.27. The van der Waals surface area contributed by atoms with Gasteiger partial charge in [-0.25, -0.2) is 8.42 Å². The van der Waals surface area contributed by atoms with Gasteiger partial charge in [0.15, 0.2) is 4.90 Å². The molecule has 10 nitrogen and oxygen atoms in total. The van der Waals surface area contributed by atoms with Crippen LogP contribution in [0.1, 0.15) is 55.2 Å². The second-order valence-corrected chi connectivity index (χ2v) is 12.9. The quantitative estimate of drug-likeness (QED) is 0.253. The molecule has 1 aromatic heterocycles. The van der Waals surface area contributed by atoms with Crippen LogP contribution >= 0.6 is 0 Å². The molecule has 3 aromatic carbocycles. The summed E-state index contributed by atoms with van der Waals surface area (Å²) in [6.07, 6.45) is 1.38. The van der Waals surface area contributed by atoms with Crippen LogP contribution in [-0.2, 0) is 32.4 Å². The zero-order valence-electron chi connectivity index (χ0n) is 24.3. The molecule has 0 spiro atoms. The van der Waals surface area contributed by atoms with Crippen LogP contribution in [0, 0.1) is 17.2 Å². The zero-order valence-corrected chi connectivity index (χ0v) is 25.1. The van der Waals surface area contributed by atoms with Crippen molar-refractivity contribution < 1.29 is 23.1 Å². The van der Waals surface area contributed by atoms with Gasteiger partial charge in [0.05, 0.1) is 35.1 Å². The van der Waals surface area contributed by atoms with Crippen LogP contribution in [0.2, 0.25) is 0 Å². The minimum atomic E-state index is -4.55. The molecular formula is C33H32N4O6S. The van der Waals surface area contributed by atoms with E-state index in [1.807, 2.05) is 13.8 Å². The van der Waals surface area contributed by atoms with Gasteiger partial charge in [0.2, 0.25) is 21.6 Å². The third-order valence-electron chi connectivity index (χ3n) is 7.51. The SMILES string of the molecule is CC(C)OCc1nc(O)c(S(=O)(=O)c2ccc(-c3ccccc3CC(N)=O)cc2)c(=O)n1[C@H](c1cccc(C#N)c1)C1CC1. The van der Waals surface area contributed by atoms with Crippen molar-refractivity contribution in [3.63, 3.8) is 0 Å². The maximum absolute atomic E-state index is 14.2. The van der Waals surface area contributed by atoms with E-state index in [1.165, 1.54) is 16.7 Å². The molecule has 1 heterocycles. The molecule has 5 rings (SSSR count). The summed E-state index contributed by atoms with van der Waals surface area (Å²) in [4.78, 5) is 28.9. The molecule has 1 atom stereocenters. The summed E-state index contributed by atoms with van der Waals surface area (Å²) in [5.41, 5.74) is 7.58. The van der Waals surface area contributed by atoms with Gasteiger partial charge >= 0.3 is 0 Å². The van der Waals surface area contributed by atoms with Gasteiger partial charge in [0.25, 0.3) is 5.56 Å². The molecule has 0 aliphatic heterocycles. The van der Waals surface area contributed by atoms with E-state index < -0.39 is 38.1 Å². The molecule has 0 bridgehead atoms. The average molecular weight is 613 g/mol. The van der Waals surface area contributed by atoms with Crippen molar-refractivity contribution in [1.82, 2.24) is 9.55 Å². The number of hydrogen-bond donors (Lipinski definition) is 2. The molecule has 1 aliphatic carbocycles. The summed E-state index contributed by atoms with van der Waals surface area (Å²) >= 11 is 0. The van der Waals surface area contributed by atoms with Crippen molar-refractivity contribution >= 4 is 15.7 Å². The minimum absolute atomic E-state index is 0.00101. The molecule has 1 amide bonds. The Labute approximate surface area is 255 Å². The molecule has 0 saturated heterocycles. The maximum Gasteiger partial charge on any atom is 0.277 e. The van der Waals surface area contributed by atoms with E-state index in [-0.39, 0.29) is 35.8 Å². The molecule has 11 heteroatoms. The predicted octanol–water partition coefficient (Wildman–Crippen LogP) is 4.27. The monoisotopic (exact) mass is 612 g/mol. The molecular weight excluding hydrogens is 580 g/mol. The standard InChI is InChI=1S/C33H32N4O6S/c1-20(2)43-19-29-36-32(39)31(33(40)37(29)30(23-10-11-23)25-8-5-6-21(16-25)18-34)44(41,42)26-14-12-22(13-15-26)27-9-4-3-7-24(27)17-28(35)38/h3-9,12-16,20,23,30,39H,10-11,17,19H2,1-2H3,(H2,35,38)/t30-/m0/s1. The summed E-state index contributed by atoms with van der Waals surface area (Å²) in [5, 5.41) is 20.5. The summed E-state index contributed by atoms with van der Waals surface area (Å²) in [7, 11) is -4.55. The Morgan fingerprint density at radius 1 is 1.11 bits per heavy atom. The van der Waals surface area contributed by atoms with Crippen LogP contribution in [0.4, 0.5) is 0 Å². The predicted molar refractivity (Wildman–Crippen MR) is 162 cm³/mol. The van der Waals surface area contributed by atoms with Crippen LogP contribution in [-0.4, -0.2) is 35.1 Å². The van der Waals surface area contributed by atoms with Crippen molar-refractivity contribution in [2.45, 2.75) is 61.7 Å². The number of aromatic hydroxyl groups is 1. The van der Waals surface area contributed by atoms with Crippen molar-refractivity contribution in [2.75, 3.05) is 0 Å². The zero-order chi connectivity index (χ0) is 31.6. The smallest absolute Gasteiger partial charge is 0.277 e. The number of primary amides is 1. The number of ether oxygens (including phenoxy) is 1. The number of hydrogen-bond acceptors (Lipinski definition) is 8. The van der Waals surface area contributed by atoms with Gasteiger partial charge in [-0.2, -0.15) is 10.2 Å². The molecule has 0 radical (unpaired) electrons. The second kappa shape index (κ2) is 12.4. The first-order chi connectivity index (χ1) is 21.0. The highest BCUT2D eigenvalue weighted by molar-refractivity contribution is 7.91. The first kappa shape index (κ1) is 30.7. The van der Waals surface area contributed by atoms with E-state index in [9.17, 15) is 28.4 Å². The average Bonchev–Trinajstić information content (AvgIpc) is 3.83. The lowest BCUT2D eigenvalue weighted by molar-refractivity contribution is -0.117. The first-order valence-electron chi connectivity index (χ1n) is 14.2. The van der Waals surface area contributed by atoms with Crippen molar-refractivity contribution in [3.05, 3.63) is 106 Å². The summed E-state index contributed by atoms with van der Waals surface area (Å²) in [6, 6.07) is 21.3. The topological polar surface area (TPSA) is 165 Å². The number of sulfone groups is 1. The van der Waals surface area contributed by atoms with E-state index in [1.54, 1.807) is 60.7 Å². The Balaban J connectivity index is 1.64. The number of rotatable bonds is 11. The molecule has 1 saturated carbocycles. The summed E-state index contributed by atoms with van der Waals surface area (Å²) in [5.74, 6) is -1.33.